The van der Waals surface area contributed by atoms with Gasteiger partial charge in [0.1, 0.15) is 0 Å². The number of hydrogen-bond acceptors (Lipinski definition) is 5. The van der Waals surface area contributed by atoms with Crippen molar-refractivity contribution in [2.45, 2.75) is 44.2 Å². The minimum Gasteiger partial charge on any atom is -0.341 e. The van der Waals surface area contributed by atoms with Gasteiger partial charge in [-0.15, -0.1) is 0 Å². The third-order valence-electron chi connectivity index (χ3n) is 7.00. The zero-order valence-corrected chi connectivity index (χ0v) is 16.7. The lowest BCUT2D eigenvalue weighted by molar-refractivity contribution is 0.0567. The molecular weight excluding hydrogens is 346 g/mol. The van der Waals surface area contributed by atoms with E-state index in [2.05, 4.69) is 48.9 Å². The van der Waals surface area contributed by atoms with Crippen LogP contribution >= 0.6 is 0 Å². The van der Waals surface area contributed by atoms with Gasteiger partial charge in [-0.1, -0.05) is 24.3 Å². The predicted octanol–water partition coefficient (Wildman–Crippen LogP) is 2.62. The molecule has 0 amide bonds. The molecule has 1 aliphatic carbocycles. The topological polar surface area (TPSA) is 35.5 Å². The Labute approximate surface area is 168 Å². The molecule has 28 heavy (non-hydrogen) atoms. The van der Waals surface area contributed by atoms with Gasteiger partial charge in [-0.2, -0.15) is 0 Å². The minimum atomic E-state index is 0.731. The second-order valence-corrected chi connectivity index (χ2v) is 8.50. The molecule has 0 bridgehead atoms. The van der Waals surface area contributed by atoms with Gasteiger partial charge in [0.2, 0.25) is 5.95 Å². The lowest BCUT2D eigenvalue weighted by Gasteiger charge is -2.45. The highest BCUT2D eigenvalue weighted by Gasteiger charge is 2.31. The third kappa shape index (κ3) is 3.78. The summed E-state index contributed by atoms with van der Waals surface area (Å²) < 4.78 is 0. The molecule has 5 rings (SSSR count). The Morgan fingerprint density at radius 2 is 1.32 bits per heavy atom. The van der Waals surface area contributed by atoms with E-state index in [-0.39, 0.29) is 0 Å². The number of benzene rings is 1. The van der Waals surface area contributed by atoms with Crippen LogP contribution in [0.1, 0.15) is 30.4 Å². The molecule has 1 aromatic carbocycles. The summed E-state index contributed by atoms with van der Waals surface area (Å²) in [6.45, 7) is 7.07. The lowest BCUT2D eigenvalue weighted by Crippen LogP contribution is -2.56. The zero-order chi connectivity index (χ0) is 18.8. The van der Waals surface area contributed by atoms with E-state index in [9.17, 15) is 0 Å². The SMILES string of the molecule is c1cnc(N2CCC(N3CCN(C4CCc5ccccc5C4)CC3)CC2)nc1. The van der Waals surface area contributed by atoms with Gasteiger partial charge in [-0.3, -0.25) is 9.80 Å². The molecule has 5 heteroatoms. The molecule has 1 atom stereocenters. The van der Waals surface area contributed by atoms with Crippen LogP contribution in [0.2, 0.25) is 0 Å². The summed E-state index contributed by atoms with van der Waals surface area (Å²) in [5.74, 6) is 0.892. The first kappa shape index (κ1) is 18.1. The molecule has 2 fully saturated rings. The van der Waals surface area contributed by atoms with Crippen molar-refractivity contribution >= 4 is 5.95 Å². The number of nitrogens with zero attached hydrogens (tertiary/aromatic N) is 5. The Kier molecular flexibility index (Phi) is 5.28. The highest BCUT2D eigenvalue weighted by Crippen LogP contribution is 2.26. The quantitative estimate of drug-likeness (QED) is 0.822. The van der Waals surface area contributed by atoms with Crippen molar-refractivity contribution in [2.75, 3.05) is 44.2 Å². The van der Waals surface area contributed by atoms with Crippen molar-refractivity contribution in [1.29, 1.82) is 0 Å². The third-order valence-corrected chi connectivity index (χ3v) is 7.00. The Bertz CT molecular complexity index is 764. The van der Waals surface area contributed by atoms with Gasteiger partial charge in [-0.05, 0) is 49.3 Å². The number of aromatic nitrogens is 2. The van der Waals surface area contributed by atoms with Gasteiger partial charge >= 0.3 is 0 Å². The molecule has 148 valence electrons. The summed E-state index contributed by atoms with van der Waals surface area (Å²) in [6.07, 6.45) is 9.97. The number of anilines is 1. The summed E-state index contributed by atoms with van der Waals surface area (Å²) in [5, 5.41) is 0. The van der Waals surface area contributed by atoms with Crippen molar-refractivity contribution < 1.29 is 0 Å². The number of rotatable bonds is 3. The van der Waals surface area contributed by atoms with E-state index in [0.29, 0.717) is 0 Å². The number of aryl methyl sites for hydroxylation is 1. The lowest BCUT2D eigenvalue weighted by atomic mass is 9.87. The van der Waals surface area contributed by atoms with Crippen LogP contribution in [0.3, 0.4) is 0 Å². The molecule has 3 aliphatic rings. The fourth-order valence-corrected chi connectivity index (χ4v) is 5.34. The fraction of sp³-hybridized carbons (Fsp3) is 0.565. The summed E-state index contributed by atoms with van der Waals surface area (Å²) >= 11 is 0. The van der Waals surface area contributed by atoms with Gasteiger partial charge in [-0.25, -0.2) is 9.97 Å². The van der Waals surface area contributed by atoms with Crippen LogP contribution in [0.5, 0.6) is 0 Å². The van der Waals surface area contributed by atoms with Gasteiger partial charge in [0, 0.05) is 63.7 Å². The highest BCUT2D eigenvalue weighted by molar-refractivity contribution is 5.31. The molecular formula is C23H31N5. The molecule has 5 nitrogen and oxygen atoms in total. The van der Waals surface area contributed by atoms with Gasteiger partial charge in [0.25, 0.3) is 0 Å². The largest absolute Gasteiger partial charge is 0.341 e. The molecule has 3 heterocycles. The first-order chi connectivity index (χ1) is 13.9. The van der Waals surface area contributed by atoms with Crippen LogP contribution in [0.25, 0.3) is 0 Å². The van der Waals surface area contributed by atoms with E-state index < -0.39 is 0 Å². The van der Waals surface area contributed by atoms with Crippen molar-refractivity contribution in [1.82, 2.24) is 19.8 Å². The Balaban J connectivity index is 1.11. The Morgan fingerprint density at radius 1 is 0.679 bits per heavy atom. The number of piperidine rings is 1. The first-order valence-electron chi connectivity index (χ1n) is 10.9. The molecule has 2 saturated heterocycles. The second-order valence-electron chi connectivity index (χ2n) is 8.50. The Morgan fingerprint density at radius 3 is 2.04 bits per heavy atom. The molecule has 0 N–H and O–H groups in total. The number of piperazine rings is 1. The van der Waals surface area contributed by atoms with Gasteiger partial charge < -0.3 is 4.90 Å². The molecule has 2 aromatic rings. The van der Waals surface area contributed by atoms with E-state index in [0.717, 1.165) is 31.1 Å². The zero-order valence-electron chi connectivity index (χ0n) is 16.7. The molecule has 2 aliphatic heterocycles. The summed E-state index contributed by atoms with van der Waals surface area (Å²) in [5.41, 5.74) is 3.16. The second kappa shape index (κ2) is 8.18. The van der Waals surface area contributed by atoms with Gasteiger partial charge in [0.15, 0.2) is 0 Å². The molecule has 0 spiro atoms. The molecule has 0 saturated carbocycles. The van der Waals surface area contributed by atoms with E-state index in [1.54, 1.807) is 11.1 Å². The number of fused-ring (bicyclic) bond motifs is 1. The monoisotopic (exact) mass is 377 g/mol. The smallest absolute Gasteiger partial charge is 0.225 e. The van der Waals surface area contributed by atoms with E-state index in [1.165, 1.54) is 58.3 Å². The van der Waals surface area contributed by atoms with Crippen molar-refractivity contribution in [2.24, 2.45) is 0 Å². The van der Waals surface area contributed by atoms with Gasteiger partial charge in [0.05, 0.1) is 0 Å². The normalized spacial score (nSPS) is 24.9. The average Bonchev–Trinajstić information content (AvgIpc) is 2.80. The summed E-state index contributed by atoms with van der Waals surface area (Å²) in [4.78, 5) is 16.7. The fourth-order valence-electron chi connectivity index (χ4n) is 5.34. The van der Waals surface area contributed by atoms with Crippen LogP contribution in [0.4, 0.5) is 5.95 Å². The molecule has 0 radical (unpaired) electrons. The first-order valence-corrected chi connectivity index (χ1v) is 10.9. The van der Waals surface area contributed by atoms with E-state index >= 15 is 0 Å². The van der Waals surface area contributed by atoms with Crippen LogP contribution in [0.15, 0.2) is 42.7 Å². The molecule has 1 unspecified atom stereocenters. The van der Waals surface area contributed by atoms with Crippen LogP contribution < -0.4 is 4.90 Å². The maximum absolute atomic E-state index is 4.41. The van der Waals surface area contributed by atoms with Crippen LogP contribution in [-0.4, -0.2) is 71.1 Å². The standard InChI is InChI=1S/C23H31N5/c1-2-5-20-18-22(7-6-19(20)4-1)27-16-14-26(15-17-27)21-8-12-28(13-9-21)23-24-10-3-11-25-23/h1-5,10-11,21-22H,6-9,12-18H2. The van der Waals surface area contributed by atoms with Crippen LogP contribution in [0, 0.1) is 0 Å². The maximum atomic E-state index is 4.41. The maximum Gasteiger partial charge on any atom is 0.225 e. The number of hydrogen-bond donors (Lipinski definition) is 0. The summed E-state index contributed by atoms with van der Waals surface area (Å²) in [7, 11) is 0. The highest BCUT2D eigenvalue weighted by atomic mass is 15.3. The van der Waals surface area contributed by atoms with E-state index in [1.807, 2.05) is 18.5 Å². The van der Waals surface area contributed by atoms with Crippen LogP contribution in [-0.2, 0) is 12.8 Å². The van der Waals surface area contributed by atoms with Crippen molar-refractivity contribution in [3.05, 3.63) is 53.9 Å². The van der Waals surface area contributed by atoms with E-state index in [4.69, 9.17) is 0 Å². The summed E-state index contributed by atoms with van der Waals surface area (Å²) in [6, 6.07) is 12.4. The predicted molar refractivity (Wildman–Crippen MR) is 113 cm³/mol. The Hall–Kier alpha value is -1.98. The molecule has 1 aromatic heterocycles. The van der Waals surface area contributed by atoms with Crippen molar-refractivity contribution in [3.8, 4) is 0 Å². The van der Waals surface area contributed by atoms with Crippen molar-refractivity contribution in [3.63, 3.8) is 0 Å². The minimum absolute atomic E-state index is 0.731. The average molecular weight is 378 g/mol.